The third-order valence-electron chi connectivity index (χ3n) is 7.08. The van der Waals surface area contributed by atoms with Crippen molar-refractivity contribution in [3.05, 3.63) is 43.0 Å². The summed E-state index contributed by atoms with van der Waals surface area (Å²) in [4.78, 5) is 20.7. The van der Waals surface area contributed by atoms with Gasteiger partial charge in [-0.15, -0.1) is 0 Å². The summed E-state index contributed by atoms with van der Waals surface area (Å²) in [5, 5.41) is 1.02. The van der Waals surface area contributed by atoms with Crippen molar-refractivity contribution < 1.29 is 8.42 Å². The van der Waals surface area contributed by atoms with Crippen LogP contribution in [0.1, 0.15) is 25.7 Å². The van der Waals surface area contributed by atoms with E-state index in [9.17, 15) is 8.42 Å². The standard InChI is InChI=1S/C23H31N7O2S/c1-28(23-20-9-11-25-22(20)26-17-27-23)19-7-5-18(6-8-19)16-33(31,32)30-14-12-29(13-15-30)21-4-2-3-10-24-21/h2-4,9-11,17-19H,5-8,12-16H2,1H3,(H,25,26,27)/t18-,19-. The van der Waals surface area contributed by atoms with E-state index in [2.05, 4.69) is 36.8 Å². The Hall–Kier alpha value is -2.72. The van der Waals surface area contributed by atoms with Gasteiger partial charge in [-0.1, -0.05) is 6.07 Å². The molecule has 4 heterocycles. The van der Waals surface area contributed by atoms with Gasteiger partial charge in [-0.25, -0.2) is 23.4 Å². The largest absolute Gasteiger partial charge is 0.356 e. The lowest BCUT2D eigenvalue weighted by Crippen LogP contribution is -2.50. The van der Waals surface area contributed by atoms with E-state index in [1.54, 1.807) is 16.8 Å². The van der Waals surface area contributed by atoms with Gasteiger partial charge in [0.05, 0.1) is 11.1 Å². The Morgan fingerprint density at radius 1 is 1.03 bits per heavy atom. The smallest absolute Gasteiger partial charge is 0.214 e. The van der Waals surface area contributed by atoms with E-state index in [0.717, 1.165) is 48.4 Å². The lowest BCUT2D eigenvalue weighted by molar-refractivity contribution is 0.329. The summed E-state index contributed by atoms with van der Waals surface area (Å²) in [7, 11) is -1.17. The van der Waals surface area contributed by atoms with Crippen LogP contribution in [0.5, 0.6) is 0 Å². The number of hydrogen-bond donors (Lipinski definition) is 1. The number of fused-ring (bicyclic) bond motifs is 1. The Bertz CT molecular complexity index is 1170. The van der Waals surface area contributed by atoms with Crippen molar-refractivity contribution in [1.82, 2.24) is 24.2 Å². The molecule has 1 aliphatic carbocycles. The molecule has 9 nitrogen and oxygen atoms in total. The first-order valence-electron chi connectivity index (χ1n) is 11.7. The summed E-state index contributed by atoms with van der Waals surface area (Å²) in [5.41, 5.74) is 0.842. The topological polar surface area (TPSA) is 98.3 Å². The zero-order valence-electron chi connectivity index (χ0n) is 19.0. The van der Waals surface area contributed by atoms with Gasteiger partial charge in [0.25, 0.3) is 0 Å². The van der Waals surface area contributed by atoms with Crippen LogP contribution < -0.4 is 9.80 Å². The van der Waals surface area contributed by atoms with Gasteiger partial charge in [0, 0.05) is 51.7 Å². The van der Waals surface area contributed by atoms with Crippen LogP contribution >= 0.6 is 0 Å². The Kier molecular flexibility index (Phi) is 6.20. The SMILES string of the molecule is CN(c1ncnc2[nH]ccc12)[C@H]1CC[C@H](CS(=O)(=O)N2CCN(c3ccccn3)CC2)CC1. The minimum absolute atomic E-state index is 0.214. The molecule has 0 atom stereocenters. The molecule has 0 aromatic carbocycles. The van der Waals surface area contributed by atoms with E-state index in [-0.39, 0.29) is 11.7 Å². The van der Waals surface area contributed by atoms with E-state index in [1.165, 1.54) is 0 Å². The third kappa shape index (κ3) is 4.67. The number of aromatic amines is 1. The van der Waals surface area contributed by atoms with Crippen LogP contribution in [0, 0.1) is 5.92 Å². The van der Waals surface area contributed by atoms with Crippen LogP contribution in [0.2, 0.25) is 0 Å². The fourth-order valence-electron chi connectivity index (χ4n) is 5.15. The number of pyridine rings is 1. The van der Waals surface area contributed by atoms with Crippen LogP contribution in [0.3, 0.4) is 0 Å². The number of hydrogen-bond acceptors (Lipinski definition) is 7. The number of rotatable bonds is 6. The van der Waals surface area contributed by atoms with Gasteiger partial charge in [-0.3, -0.25) is 0 Å². The predicted molar refractivity (Wildman–Crippen MR) is 130 cm³/mol. The summed E-state index contributed by atoms with van der Waals surface area (Å²) < 4.78 is 27.9. The fourth-order valence-corrected chi connectivity index (χ4v) is 7.01. The van der Waals surface area contributed by atoms with Gasteiger partial charge < -0.3 is 14.8 Å². The molecule has 1 saturated carbocycles. The van der Waals surface area contributed by atoms with Crippen molar-refractivity contribution in [1.29, 1.82) is 0 Å². The highest BCUT2D eigenvalue weighted by Crippen LogP contribution is 2.32. The molecule has 0 unspecified atom stereocenters. The average molecular weight is 470 g/mol. The lowest BCUT2D eigenvalue weighted by Gasteiger charge is -2.37. The summed E-state index contributed by atoms with van der Waals surface area (Å²) in [6.45, 7) is 2.41. The molecular formula is C23H31N7O2S. The van der Waals surface area contributed by atoms with Gasteiger partial charge in [0.1, 0.15) is 23.6 Å². The highest BCUT2D eigenvalue weighted by Gasteiger charge is 2.33. The molecule has 0 radical (unpaired) electrons. The molecule has 0 bridgehead atoms. The molecule has 1 aliphatic heterocycles. The fraction of sp³-hybridized carbons (Fsp3) is 0.522. The maximum Gasteiger partial charge on any atom is 0.214 e. The van der Waals surface area contributed by atoms with Crippen molar-refractivity contribution >= 4 is 32.7 Å². The zero-order chi connectivity index (χ0) is 22.8. The van der Waals surface area contributed by atoms with E-state index in [4.69, 9.17) is 0 Å². The normalized spacial score (nSPS) is 22.5. The Morgan fingerprint density at radius 3 is 2.55 bits per heavy atom. The van der Waals surface area contributed by atoms with Crippen LogP contribution in [-0.4, -0.2) is 77.7 Å². The minimum Gasteiger partial charge on any atom is -0.356 e. The predicted octanol–water partition coefficient (Wildman–Crippen LogP) is 2.50. The first-order chi connectivity index (χ1) is 16.0. The monoisotopic (exact) mass is 469 g/mol. The third-order valence-corrected chi connectivity index (χ3v) is 9.13. The molecular weight excluding hydrogens is 438 g/mol. The molecule has 2 aliphatic rings. The first-order valence-corrected chi connectivity index (χ1v) is 13.3. The van der Waals surface area contributed by atoms with E-state index in [0.29, 0.717) is 32.2 Å². The van der Waals surface area contributed by atoms with Gasteiger partial charge in [-0.2, -0.15) is 4.31 Å². The molecule has 1 saturated heterocycles. The zero-order valence-corrected chi connectivity index (χ0v) is 19.8. The highest BCUT2D eigenvalue weighted by atomic mass is 32.2. The van der Waals surface area contributed by atoms with E-state index < -0.39 is 10.0 Å². The van der Waals surface area contributed by atoms with Crippen molar-refractivity contribution in [2.24, 2.45) is 5.92 Å². The molecule has 5 rings (SSSR count). The van der Waals surface area contributed by atoms with Crippen LogP contribution in [-0.2, 0) is 10.0 Å². The summed E-state index contributed by atoms with van der Waals surface area (Å²) in [6, 6.07) is 8.20. The number of nitrogens with one attached hydrogen (secondary N) is 1. The Labute approximate surface area is 194 Å². The van der Waals surface area contributed by atoms with Crippen LogP contribution in [0.4, 0.5) is 11.6 Å². The van der Waals surface area contributed by atoms with Gasteiger partial charge in [0.2, 0.25) is 10.0 Å². The second-order valence-corrected chi connectivity index (χ2v) is 11.1. The maximum atomic E-state index is 13.1. The van der Waals surface area contributed by atoms with Gasteiger partial charge in [0.15, 0.2) is 0 Å². The number of nitrogens with zero attached hydrogens (tertiary/aromatic N) is 6. The van der Waals surface area contributed by atoms with Crippen molar-refractivity contribution in [3.8, 4) is 0 Å². The quantitative estimate of drug-likeness (QED) is 0.592. The summed E-state index contributed by atoms with van der Waals surface area (Å²) >= 11 is 0. The van der Waals surface area contributed by atoms with Crippen molar-refractivity contribution in [2.75, 3.05) is 48.8 Å². The van der Waals surface area contributed by atoms with Gasteiger partial charge in [-0.05, 0) is 49.8 Å². The minimum atomic E-state index is -3.25. The second kappa shape index (κ2) is 9.26. The lowest BCUT2D eigenvalue weighted by atomic mass is 9.86. The van der Waals surface area contributed by atoms with E-state index in [1.807, 2.05) is 30.5 Å². The van der Waals surface area contributed by atoms with Crippen molar-refractivity contribution in [3.63, 3.8) is 0 Å². The molecule has 2 fully saturated rings. The van der Waals surface area contributed by atoms with Crippen molar-refractivity contribution in [2.45, 2.75) is 31.7 Å². The first kappa shape index (κ1) is 22.1. The molecule has 10 heteroatoms. The number of piperazine rings is 1. The summed E-state index contributed by atoms with van der Waals surface area (Å²) in [5.74, 6) is 2.31. The molecule has 3 aromatic rings. The summed E-state index contributed by atoms with van der Waals surface area (Å²) in [6.07, 6.45) is 9.04. The maximum absolute atomic E-state index is 13.1. The van der Waals surface area contributed by atoms with Crippen LogP contribution in [0.25, 0.3) is 11.0 Å². The second-order valence-electron chi connectivity index (χ2n) is 9.08. The number of H-pyrrole nitrogens is 1. The molecule has 3 aromatic heterocycles. The molecule has 1 N–H and O–H groups in total. The average Bonchev–Trinajstić information content (AvgIpc) is 3.34. The molecule has 176 valence electrons. The van der Waals surface area contributed by atoms with Gasteiger partial charge >= 0.3 is 0 Å². The molecule has 0 spiro atoms. The Balaban J connectivity index is 1.14. The van der Waals surface area contributed by atoms with E-state index >= 15 is 0 Å². The number of sulfonamides is 1. The molecule has 0 amide bonds. The van der Waals surface area contributed by atoms with Crippen LogP contribution in [0.15, 0.2) is 43.0 Å². The number of aromatic nitrogens is 4. The number of anilines is 2. The molecule has 33 heavy (non-hydrogen) atoms. The highest BCUT2D eigenvalue weighted by molar-refractivity contribution is 7.89. The Morgan fingerprint density at radius 2 is 1.82 bits per heavy atom.